The summed E-state index contributed by atoms with van der Waals surface area (Å²) >= 11 is 6.33. The lowest BCUT2D eigenvalue weighted by atomic mass is 10.2. The van der Waals surface area contributed by atoms with Gasteiger partial charge < -0.3 is 10.8 Å². The molecule has 102 valence electrons. The number of aliphatic hydroxyl groups excluding tert-OH is 1. The van der Waals surface area contributed by atoms with Crippen molar-refractivity contribution >= 4 is 28.3 Å². The Bertz CT molecular complexity index is 795. The number of aromatic nitrogens is 2. The molecule has 0 aliphatic rings. The van der Waals surface area contributed by atoms with Crippen LogP contribution in [0.2, 0.25) is 5.02 Å². The fourth-order valence-corrected chi connectivity index (χ4v) is 2.63. The van der Waals surface area contributed by atoms with Crippen molar-refractivity contribution in [1.29, 1.82) is 0 Å². The lowest BCUT2D eigenvalue weighted by Crippen LogP contribution is -2.02. The Balaban J connectivity index is 2.34. The molecule has 3 N–H and O–H groups in total. The predicted octanol–water partition coefficient (Wildman–Crippen LogP) is 3.06. The largest absolute Gasteiger partial charge is 0.399 e. The number of anilines is 1. The number of aliphatic hydroxyl groups is 1. The molecule has 0 amide bonds. The van der Waals surface area contributed by atoms with E-state index in [9.17, 15) is 5.11 Å². The molecule has 20 heavy (non-hydrogen) atoms. The fourth-order valence-electron chi connectivity index (χ4n) is 2.32. The van der Waals surface area contributed by atoms with Crippen LogP contribution in [-0.4, -0.2) is 14.7 Å². The number of hydrogen-bond acceptors (Lipinski definition) is 3. The first-order chi connectivity index (χ1) is 9.60. The molecule has 0 atom stereocenters. The number of nitrogen functional groups attached to an aromatic ring is 1. The van der Waals surface area contributed by atoms with E-state index < -0.39 is 0 Å². The molecule has 0 spiro atoms. The molecule has 1 aromatic heterocycles. The van der Waals surface area contributed by atoms with E-state index in [0.29, 0.717) is 16.5 Å². The average molecular weight is 288 g/mol. The molecule has 0 saturated heterocycles. The molecule has 3 aromatic rings. The fraction of sp³-hybridized carbons (Fsp3) is 0.133. The van der Waals surface area contributed by atoms with Crippen molar-refractivity contribution in [3.05, 3.63) is 52.8 Å². The van der Waals surface area contributed by atoms with E-state index in [1.165, 1.54) is 0 Å². The summed E-state index contributed by atoms with van der Waals surface area (Å²) in [5.74, 6) is 0.538. The van der Waals surface area contributed by atoms with Crippen molar-refractivity contribution in [2.24, 2.45) is 0 Å². The smallest absolute Gasteiger partial charge is 0.140 e. The van der Waals surface area contributed by atoms with Gasteiger partial charge >= 0.3 is 0 Å². The Morgan fingerprint density at radius 3 is 2.75 bits per heavy atom. The number of imidazole rings is 1. The zero-order chi connectivity index (χ0) is 14.3. The van der Waals surface area contributed by atoms with Crippen LogP contribution in [0.1, 0.15) is 11.4 Å². The molecule has 4 nitrogen and oxygen atoms in total. The maximum atomic E-state index is 9.54. The number of benzene rings is 2. The van der Waals surface area contributed by atoms with Gasteiger partial charge in [-0.15, -0.1) is 0 Å². The highest BCUT2D eigenvalue weighted by molar-refractivity contribution is 6.32. The maximum Gasteiger partial charge on any atom is 0.140 e. The van der Waals surface area contributed by atoms with E-state index in [1.54, 1.807) is 6.07 Å². The standard InChI is InChI=1S/C15H14ClN3O/c1-9-2-4-13(11(16)6-9)19-14-5-3-10(17)7-12(14)18-15(19)8-20/h2-7,20H,8,17H2,1H3. The summed E-state index contributed by atoms with van der Waals surface area (Å²) in [4.78, 5) is 4.41. The second kappa shape index (κ2) is 4.81. The molecule has 0 aliphatic carbocycles. The third kappa shape index (κ3) is 2.03. The van der Waals surface area contributed by atoms with Gasteiger partial charge in [-0.25, -0.2) is 4.98 Å². The van der Waals surface area contributed by atoms with Crippen molar-refractivity contribution in [2.75, 3.05) is 5.73 Å². The lowest BCUT2D eigenvalue weighted by molar-refractivity contribution is 0.270. The molecule has 1 heterocycles. The second-order valence-corrected chi connectivity index (χ2v) is 5.13. The third-order valence-electron chi connectivity index (χ3n) is 3.23. The molecular weight excluding hydrogens is 274 g/mol. The molecule has 0 radical (unpaired) electrons. The number of fused-ring (bicyclic) bond motifs is 1. The first-order valence-corrected chi connectivity index (χ1v) is 6.62. The van der Waals surface area contributed by atoms with Gasteiger partial charge in [0.15, 0.2) is 0 Å². The molecular formula is C15H14ClN3O. The van der Waals surface area contributed by atoms with Gasteiger partial charge in [-0.05, 0) is 42.8 Å². The zero-order valence-corrected chi connectivity index (χ0v) is 11.7. The van der Waals surface area contributed by atoms with Crippen LogP contribution >= 0.6 is 11.6 Å². The summed E-state index contributed by atoms with van der Waals surface area (Å²) in [7, 11) is 0. The van der Waals surface area contributed by atoms with Crippen molar-refractivity contribution in [3.8, 4) is 5.69 Å². The predicted molar refractivity (Wildman–Crippen MR) is 81.2 cm³/mol. The summed E-state index contributed by atoms with van der Waals surface area (Å²) in [5, 5.41) is 10.2. The van der Waals surface area contributed by atoms with E-state index in [-0.39, 0.29) is 6.61 Å². The van der Waals surface area contributed by atoms with Gasteiger partial charge in [0.2, 0.25) is 0 Å². The number of hydrogen-bond donors (Lipinski definition) is 2. The van der Waals surface area contributed by atoms with Crippen LogP contribution < -0.4 is 5.73 Å². The van der Waals surface area contributed by atoms with Crippen molar-refractivity contribution in [3.63, 3.8) is 0 Å². The minimum atomic E-state index is -0.168. The number of nitrogens with zero attached hydrogens (tertiary/aromatic N) is 2. The number of nitrogens with two attached hydrogens (primary N) is 1. The first-order valence-electron chi connectivity index (χ1n) is 6.24. The SMILES string of the molecule is Cc1ccc(-n2c(CO)nc3cc(N)ccc32)c(Cl)c1. The first kappa shape index (κ1) is 13.0. The van der Waals surface area contributed by atoms with E-state index in [0.717, 1.165) is 22.3 Å². The van der Waals surface area contributed by atoms with Gasteiger partial charge in [0.05, 0.1) is 21.7 Å². The summed E-state index contributed by atoms with van der Waals surface area (Å²) in [6, 6.07) is 11.3. The molecule has 0 saturated carbocycles. The van der Waals surface area contributed by atoms with Gasteiger partial charge in [-0.2, -0.15) is 0 Å². The van der Waals surface area contributed by atoms with E-state index in [1.807, 2.05) is 41.8 Å². The summed E-state index contributed by atoms with van der Waals surface area (Å²) in [6.45, 7) is 1.81. The average Bonchev–Trinajstić information content (AvgIpc) is 2.76. The maximum absolute atomic E-state index is 9.54. The van der Waals surface area contributed by atoms with Crippen molar-refractivity contribution in [2.45, 2.75) is 13.5 Å². The van der Waals surface area contributed by atoms with Gasteiger partial charge in [-0.3, -0.25) is 4.57 Å². The molecule has 5 heteroatoms. The Morgan fingerprint density at radius 2 is 2.05 bits per heavy atom. The van der Waals surface area contributed by atoms with Crippen molar-refractivity contribution in [1.82, 2.24) is 9.55 Å². The number of halogens is 1. The topological polar surface area (TPSA) is 64.1 Å². The normalized spacial score (nSPS) is 11.2. The summed E-state index contributed by atoms with van der Waals surface area (Å²) in [5.41, 5.74) is 9.91. The molecule has 2 aromatic carbocycles. The third-order valence-corrected chi connectivity index (χ3v) is 3.54. The highest BCUT2D eigenvalue weighted by Crippen LogP contribution is 2.28. The van der Waals surface area contributed by atoms with E-state index in [2.05, 4.69) is 4.98 Å². The Kier molecular flexibility index (Phi) is 3.12. The molecule has 0 bridgehead atoms. The van der Waals surface area contributed by atoms with Gasteiger partial charge in [0.25, 0.3) is 0 Å². The Labute approximate surface area is 121 Å². The van der Waals surface area contributed by atoms with Crippen LogP contribution in [0.15, 0.2) is 36.4 Å². The van der Waals surface area contributed by atoms with Crippen LogP contribution in [0.3, 0.4) is 0 Å². The van der Waals surface area contributed by atoms with E-state index in [4.69, 9.17) is 17.3 Å². The molecule has 0 unspecified atom stereocenters. The van der Waals surface area contributed by atoms with Gasteiger partial charge in [0, 0.05) is 5.69 Å². The van der Waals surface area contributed by atoms with Crippen LogP contribution in [0.4, 0.5) is 5.69 Å². The Hall–Kier alpha value is -2.04. The molecule has 0 fully saturated rings. The minimum absolute atomic E-state index is 0.168. The van der Waals surface area contributed by atoms with Crippen LogP contribution in [0.5, 0.6) is 0 Å². The summed E-state index contributed by atoms with van der Waals surface area (Å²) in [6.07, 6.45) is 0. The molecule has 0 aliphatic heterocycles. The highest BCUT2D eigenvalue weighted by atomic mass is 35.5. The second-order valence-electron chi connectivity index (χ2n) is 4.72. The zero-order valence-electron chi connectivity index (χ0n) is 11.0. The van der Waals surface area contributed by atoms with Crippen LogP contribution in [0, 0.1) is 6.92 Å². The lowest BCUT2D eigenvalue weighted by Gasteiger charge is -2.10. The monoisotopic (exact) mass is 287 g/mol. The highest BCUT2D eigenvalue weighted by Gasteiger charge is 2.14. The van der Waals surface area contributed by atoms with E-state index >= 15 is 0 Å². The van der Waals surface area contributed by atoms with Gasteiger partial charge in [-0.1, -0.05) is 17.7 Å². The minimum Gasteiger partial charge on any atom is -0.399 e. The Morgan fingerprint density at radius 1 is 1.25 bits per heavy atom. The van der Waals surface area contributed by atoms with Crippen molar-refractivity contribution < 1.29 is 5.11 Å². The number of aryl methyl sites for hydroxylation is 1. The van der Waals surface area contributed by atoms with Gasteiger partial charge in [0.1, 0.15) is 12.4 Å². The summed E-state index contributed by atoms with van der Waals surface area (Å²) < 4.78 is 1.86. The quantitative estimate of drug-likeness (QED) is 0.712. The van der Waals surface area contributed by atoms with Crippen LogP contribution in [0.25, 0.3) is 16.7 Å². The molecule has 3 rings (SSSR count). The van der Waals surface area contributed by atoms with Crippen LogP contribution in [-0.2, 0) is 6.61 Å². The number of rotatable bonds is 2.